The SMILES string of the molecule is Cc1sc(-c2cc(-c3ccc(N)cc3)[nH]c(=O)c2C#N)cc1Br. The molecule has 0 aliphatic heterocycles. The lowest BCUT2D eigenvalue weighted by Crippen LogP contribution is -2.12. The van der Waals surface area contributed by atoms with E-state index in [1.807, 2.05) is 37.3 Å². The van der Waals surface area contributed by atoms with Gasteiger partial charge in [-0.3, -0.25) is 4.79 Å². The zero-order valence-electron chi connectivity index (χ0n) is 12.2. The maximum absolute atomic E-state index is 12.3. The van der Waals surface area contributed by atoms with Crippen LogP contribution in [-0.2, 0) is 0 Å². The Morgan fingerprint density at radius 3 is 2.52 bits per heavy atom. The van der Waals surface area contributed by atoms with Gasteiger partial charge in [0.1, 0.15) is 11.6 Å². The van der Waals surface area contributed by atoms with Gasteiger partial charge >= 0.3 is 0 Å². The number of nitrogens with two attached hydrogens (primary N) is 1. The van der Waals surface area contributed by atoms with Gasteiger partial charge in [-0.25, -0.2) is 0 Å². The van der Waals surface area contributed by atoms with Crippen LogP contribution < -0.4 is 11.3 Å². The highest BCUT2D eigenvalue weighted by Gasteiger charge is 2.15. The molecule has 0 spiro atoms. The van der Waals surface area contributed by atoms with E-state index in [1.54, 1.807) is 23.5 Å². The minimum absolute atomic E-state index is 0.123. The Kier molecular flexibility index (Phi) is 4.07. The van der Waals surface area contributed by atoms with Gasteiger partial charge in [-0.2, -0.15) is 5.26 Å². The summed E-state index contributed by atoms with van der Waals surface area (Å²) in [5, 5.41) is 9.34. The number of aromatic nitrogens is 1. The molecule has 2 aromatic heterocycles. The van der Waals surface area contributed by atoms with E-state index in [-0.39, 0.29) is 11.1 Å². The number of thiophene rings is 1. The molecule has 0 fully saturated rings. The molecule has 0 atom stereocenters. The maximum Gasteiger partial charge on any atom is 0.267 e. The summed E-state index contributed by atoms with van der Waals surface area (Å²) >= 11 is 5.02. The number of nitriles is 1. The van der Waals surface area contributed by atoms with Crippen molar-refractivity contribution in [1.82, 2.24) is 4.98 Å². The monoisotopic (exact) mass is 385 g/mol. The molecule has 3 aromatic rings. The second-order valence-corrected chi connectivity index (χ2v) is 7.16. The third kappa shape index (κ3) is 2.93. The molecule has 1 aromatic carbocycles. The van der Waals surface area contributed by atoms with E-state index >= 15 is 0 Å². The predicted octanol–water partition coefficient (Wildman–Crippen LogP) is 4.30. The van der Waals surface area contributed by atoms with E-state index in [9.17, 15) is 10.1 Å². The quantitative estimate of drug-likeness (QED) is 0.645. The molecule has 4 nitrogen and oxygen atoms in total. The number of nitrogens with zero attached hydrogens (tertiary/aromatic N) is 1. The van der Waals surface area contributed by atoms with Crippen LogP contribution in [-0.4, -0.2) is 4.98 Å². The normalized spacial score (nSPS) is 10.5. The number of H-pyrrole nitrogens is 1. The Hall–Kier alpha value is -2.36. The lowest BCUT2D eigenvalue weighted by molar-refractivity contribution is 1.22. The van der Waals surface area contributed by atoms with Crippen LogP contribution in [0.2, 0.25) is 0 Å². The Labute approximate surface area is 145 Å². The first kappa shape index (κ1) is 15.5. The molecule has 0 amide bonds. The van der Waals surface area contributed by atoms with E-state index < -0.39 is 0 Å². The molecule has 3 N–H and O–H groups in total. The topological polar surface area (TPSA) is 82.7 Å². The van der Waals surface area contributed by atoms with Crippen LogP contribution in [0, 0.1) is 18.3 Å². The highest BCUT2D eigenvalue weighted by Crippen LogP contribution is 2.36. The van der Waals surface area contributed by atoms with Gasteiger partial charge in [0.2, 0.25) is 0 Å². The predicted molar refractivity (Wildman–Crippen MR) is 97.4 cm³/mol. The lowest BCUT2D eigenvalue weighted by atomic mass is 10.0. The fourth-order valence-electron chi connectivity index (χ4n) is 2.28. The van der Waals surface area contributed by atoms with Gasteiger partial charge in [-0.15, -0.1) is 11.3 Å². The Morgan fingerprint density at radius 1 is 1.26 bits per heavy atom. The fraction of sp³-hybridized carbons (Fsp3) is 0.0588. The summed E-state index contributed by atoms with van der Waals surface area (Å²) in [7, 11) is 0. The molecule has 0 aliphatic carbocycles. The van der Waals surface area contributed by atoms with Crippen molar-refractivity contribution in [2.24, 2.45) is 0 Å². The lowest BCUT2D eigenvalue weighted by Gasteiger charge is -2.06. The summed E-state index contributed by atoms with van der Waals surface area (Å²) in [5.41, 5.74) is 8.23. The van der Waals surface area contributed by atoms with Crippen molar-refractivity contribution < 1.29 is 0 Å². The van der Waals surface area contributed by atoms with Crippen molar-refractivity contribution >= 4 is 33.0 Å². The number of pyridine rings is 1. The highest BCUT2D eigenvalue weighted by molar-refractivity contribution is 9.10. The summed E-state index contributed by atoms with van der Waals surface area (Å²) in [6.45, 7) is 1.98. The number of halogens is 1. The van der Waals surface area contributed by atoms with Crippen LogP contribution in [0.3, 0.4) is 0 Å². The number of rotatable bonds is 2. The van der Waals surface area contributed by atoms with Gasteiger partial charge in [0.05, 0.1) is 0 Å². The maximum atomic E-state index is 12.3. The third-order valence-electron chi connectivity index (χ3n) is 3.49. The number of hydrogen-bond acceptors (Lipinski definition) is 4. The number of nitrogens with one attached hydrogen (secondary N) is 1. The first-order chi connectivity index (χ1) is 11.0. The first-order valence-corrected chi connectivity index (χ1v) is 8.40. The number of nitrogen functional groups attached to an aromatic ring is 1. The minimum atomic E-state index is -0.390. The Morgan fingerprint density at radius 2 is 1.96 bits per heavy atom. The van der Waals surface area contributed by atoms with Crippen molar-refractivity contribution in [3.63, 3.8) is 0 Å². The molecule has 2 heterocycles. The molecule has 23 heavy (non-hydrogen) atoms. The summed E-state index contributed by atoms with van der Waals surface area (Å²) in [5.74, 6) is 0. The van der Waals surface area contributed by atoms with E-state index in [2.05, 4.69) is 20.9 Å². The molecule has 114 valence electrons. The van der Waals surface area contributed by atoms with E-state index in [1.165, 1.54) is 0 Å². The van der Waals surface area contributed by atoms with Crippen LogP contribution in [0.25, 0.3) is 21.7 Å². The van der Waals surface area contributed by atoms with E-state index in [4.69, 9.17) is 5.73 Å². The molecule has 3 rings (SSSR count). The van der Waals surface area contributed by atoms with Crippen LogP contribution in [0.5, 0.6) is 0 Å². The third-order valence-corrected chi connectivity index (χ3v) is 5.66. The van der Waals surface area contributed by atoms with Gasteiger partial charge in [0.25, 0.3) is 5.56 Å². The zero-order chi connectivity index (χ0) is 16.6. The van der Waals surface area contributed by atoms with Gasteiger partial charge in [0, 0.05) is 31.2 Å². The van der Waals surface area contributed by atoms with Crippen LogP contribution in [0.1, 0.15) is 10.4 Å². The van der Waals surface area contributed by atoms with Gasteiger partial charge in [-0.1, -0.05) is 12.1 Å². The van der Waals surface area contributed by atoms with Crippen molar-refractivity contribution in [3.8, 4) is 27.8 Å². The largest absolute Gasteiger partial charge is 0.399 e. The molecule has 0 bridgehead atoms. The number of aromatic amines is 1. The van der Waals surface area contributed by atoms with Crippen LogP contribution in [0.4, 0.5) is 5.69 Å². The summed E-state index contributed by atoms with van der Waals surface area (Å²) in [4.78, 5) is 17.0. The van der Waals surface area contributed by atoms with Gasteiger partial charge in [0.15, 0.2) is 0 Å². The summed E-state index contributed by atoms with van der Waals surface area (Å²) < 4.78 is 0.968. The molecule has 6 heteroatoms. The highest BCUT2D eigenvalue weighted by atomic mass is 79.9. The zero-order valence-corrected chi connectivity index (χ0v) is 14.6. The second-order valence-electron chi connectivity index (χ2n) is 5.05. The smallest absolute Gasteiger partial charge is 0.267 e. The average molecular weight is 386 g/mol. The molecule has 0 saturated heterocycles. The van der Waals surface area contributed by atoms with Gasteiger partial charge in [-0.05, 0) is 52.7 Å². The van der Waals surface area contributed by atoms with Crippen molar-refractivity contribution in [2.45, 2.75) is 6.92 Å². The standard InChI is InChI=1S/C17H12BrN3OS/c1-9-14(18)7-16(23-9)12-6-15(21-17(22)13(12)8-19)10-2-4-11(20)5-3-10/h2-7H,20H2,1H3,(H,21,22). The molecule has 0 saturated carbocycles. The number of anilines is 1. The average Bonchev–Trinajstić information content (AvgIpc) is 2.86. The molecular weight excluding hydrogens is 374 g/mol. The van der Waals surface area contributed by atoms with Crippen molar-refractivity contribution in [3.05, 3.63) is 61.7 Å². The van der Waals surface area contributed by atoms with Crippen LogP contribution >= 0.6 is 27.3 Å². The van der Waals surface area contributed by atoms with Gasteiger partial charge < -0.3 is 10.7 Å². The van der Waals surface area contributed by atoms with Crippen molar-refractivity contribution in [2.75, 3.05) is 5.73 Å². The number of hydrogen-bond donors (Lipinski definition) is 2. The second kappa shape index (κ2) is 6.03. The Bertz CT molecular complexity index is 961. The molecule has 0 unspecified atom stereocenters. The molecular formula is C17H12BrN3OS. The molecule has 0 aliphatic rings. The number of aryl methyl sites for hydroxylation is 1. The van der Waals surface area contributed by atoms with Crippen LogP contribution in [0.15, 0.2) is 45.7 Å². The Balaban J connectivity index is 2.24. The van der Waals surface area contributed by atoms with E-state index in [0.717, 1.165) is 19.8 Å². The number of benzene rings is 1. The summed E-state index contributed by atoms with van der Waals surface area (Å²) in [6, 6.07) is 13.0. The fourth-order valence-corrected chi connectivity index (χ4v) is 3.83. The summed E-state index contributed by atoms with van der Waals surface area (Å²) in [6.07, 6.45) is 0. The minimum Gasteiger partial charge on any atom is -0.399 e. The van der Waals surface area contributed by atoms with Crippen molar-refractivity contribution in [1.29, 1.82) is 5.26 Å². The van der Waals surface area contributed by atoms with E-state index in [0.29, 0.717) is 16.9 Å². The molecule has 0 radical (unpaired) electrons. The first-order valence-electron chi connectivity index (χ1n) is 6.79.